The number of hydrogen-bond donors (Lipinski definition) is 2. The number of aliphatic carboxylic acids is 1. The number of Topliss-reactive ketones (excluding diaryl/α,β-unsaturated/α-hetero) is 1. The predicted octanol–water partition coefficient (Wildman–Crippen LogP) is 2.02. The van der Waals surface area contributed by atoms with E-state index in [0.29, 0.717) is 6.04 Å². The van der Waals surface area contributed by atoms with Crippen LogP contribution in [0.4, 0.5) is 13.2 Å². The van der Waals surface area contributed by atoms with E-state index in [-0.39, 0.29) is 12.4 Å². The molecule has 0 bridgehead atoms. The molecule has 0 amide bonds. The third kappa shape index (κ3) is 8.06. The Morgan fingerprint density at radius 3 is 2.41 bits per heavy atom. The lowest BCUT2D eigenvalue weighted by atomic mass is 10.1. The number of piperazine rings is 1. The third-order valence-electron chi connectivity index (χ3n) is 4.31. The lowest BCUT2D eigenvalue weighted by molar-refractivity contribution is -0.192. The van der Waals surface area contributed by atoms with Crippen molar-refractivity contribution in [2.24, 2.45) is 0 Å². The second-order valence-electron chi connectivity index (χ2n) is 6.44. The van der Waals surface area contributed by atoms with Crippen molar-refractivity contribution >= 4 is 11.8 Å². The number of alkyl halides is 3. The first-order valence-electron chi connectivity index (χ1n) is 8.48. The SMILES string of the molecule is CC(=O)c1cccc(CN2CCN(C)C(CCO)C2)c1.O=C(O)C(F)(F)F. The minimum atomic E-state index is -5.08. The topological polar surface area (TPSA) is 81.1 Å². The van der Waals surface area contributed by atoms with Crippen molar-refractivity contribution in [3.8, 4) is 0 Å². The molecule has 1 atom stereocenters. The number of carbonyl (C=O) groups excluding carboxylic acids is 1. The minimum Gasteiger partial charge on any atom is -0.475 e. The zero-order valence-corrected chi connectivity index (χ0v) is 15.4. The van der Waals surface area contributed by atoms with Gasteiger partial charge in [0.05, 0.1) is 0 Å². The summed E-state index contributed by atoms with van der Waals surface area (Å²) in [6.07, 6.45) is -4.26. The normalized spacial score (nSPS) is 18.5. The van der Waals surface area contributed by atoms with Crippen molar-refractivity contribution < 1.29 is 33.0 Å². The molecule has 2 N–H and O–H groups in total. The first kappa shape index (κ1) is 23.1. The maximum absolute atomic E-state index is 11.4. The van der Waals surface area contributed by atoms with Gasteiger partial charge in [0.15, 0.2) is 5.78 Å². The molecule has 27 heavy (non-hydrogen) atoms. The molecule has 1 unspecified atom stereocenters. The Labute approximate surface area is 156 Å². The van der Waals surface area contributed by atoms with E-state index in [1.54, 1.807) is 6.92 Å². The van der Waals surface area contributed by atoms with Crippen LogP contribution in [0.3, 0.4) is 0 Å². The van der Waals surface area contributed by atoms with Crippen LogP contribution in [0.1, 0.15) is 29.3 Å². The van der Waals surface area contributed by atoms with Gasteiger partial charge in [0, 0.05) is 44.4 Å². The van der Waals surface area contributed by atoms with Gasteiger partial charge in [0.25, 0.3) is 0 Å². The average molecular weight is 390 g/mol. The molecule has 1 aliphatic heterocycles. The summed E-state index contributed by atoms with van der Waals surface area (Å²) in [4.78, 5) is 25.0. The van der Waals surface area contributed by atoms with Crippen molar-refractivity contribution in [1.29, 1.82) is 0 Å². The Bertz CT molecular complexity index is 637. The molecule has 0 aliphatic carbocycles. The van der Waals surface area contributed by atoms with Gasteiger partial charge >= 0.3 is 12.1 Å². The van der Waals surface area contributed by atoms with Crippen molar-refractivity contribution in [3.05, 3.63) is 35.4 Å². The maximum atomic E-state index is 11.4. The molecule has 1 saturated heterocycles. The van der Waals surface area contributed by atoms with Crippen molar-refractivity contribution in [3.63, 3.8) is 0 Å². The van der Waals surface area contributed by atoms with E-state index in [2.05, 4.69) is 22.9 Å². The Hall–Kier alpha value is -1.97. The van der Waals surface area contributed by atoms with Crippen LogP contribution in [0, 0.1) is 0 Å². The molecule has 2 rings (SSSR count). The summed E-state index contributed by atoms with van der Waals surface area (Å²) in [5.41, 5.74) is 1.97. The second-order valence-corrected chi connectivity index (χ2v) is 6.44. The molecule has 0 aromatic heterocycles. The smallest absolute Gasteiger partial charge is 0.475 e. The number of hydrogen-bond acceptors (Lipinski definition) is 5. The van der Waals surface area contributed by atoms with E-state index in [0.717, 1.165) is 38.2 Å². The number of rotatable bonds is 5. The van der Waals surface area contributed by atoms with E-state index in [4.69, 9.17) is 15.0 Å². The van der Waals surface area contributed by atoms with Crippen LogP contribution in [0.15, 0.2) is 24.3 Å². The van der Waals surface area contributed by atoms with Gasteiger partial charge in [-0.05, 0) is 32.0 Å². The highest BCUT2D eigenvalue weighted by Crippen LogP contribution is 2.15. The second kappa shape index (κ2) is 10.4. The quantitative estimate of drug-likeness (QED) is 0.749. The maximum Gasteiger partial charge on any atom is 0.490 e. The predicted molar refractivity (Wildman–Crippen MR) is 93.5 cm³/mol. The van der Waals surface area contributed by atoms with E-state index in [1.165, 1.54) is 5.56 Å². The summed E-state index contributed by atoms with van der Waals surface area (Å²) >= 11 is 0. The molecule has 152 valence electrons. The summed E-state index contributed by atoms with van der Waals surface area (Å²) < 4.78 is 31.7. The van der Waals surface area contributed by atoms with Crippen LogP contribution < -0.4 is 0 Å². The van der Waals surface area contributed by atoms with Gasteiger partial charge in [0.2, 0.25) is 0 Å². The average Bonchev–Trinajstić information content (AvgIpc) is 2.58. The molecule has 1 fully saturated rings. The summed E-state index contributed by atoms with van der Waals surface area (Å²) in [6.45, 7) is 5.74. The number of carboxylic acid groups (broad SMARTS) is 1. The zero-order chi connectivity index (χ0) is 20.6. The highest BCUT2D eigenvalue weighted by atomic mass is 19.4. The molecule has 0 radical (unpaired) electrons. The molecule has 1 aromatic rings. The van der Waals surface area contributed by atoms with Crippen molar-refractivity contribution in [1.82, 2.24) is 9.80 Å². The Balaban J connectivity index is 0.000000445. The molecular weight excluding hydrogens is 365 g/mol. The number of aliphatic hydroxyl groups excluding tert-OH is 1. The summed E-state index contributed by atoms with van der Waals surface area (Å²) in [5.74, 6) is -2.64. The number of halogens is 3. The number of aliphatic hydroxyl groups is 1. The van der Waals surface area contributed by atoms with Crippen molar-refractivity contribution in [2.45, 2.75) is 32.1 Å². The van der Waals surface area contributed by atoms with E-state index < -0.39 is 12.1 Å². The van der Waals surface area contributed by atoms with Gasteiger partial charge in [-0.15, -0.1) is 0 Å². The highest BCUT2D eigenvalue weighted by molar-refractivity contribution is 5.94. The number of likely N-dealkylation sites (N-methyl/N-ethyl adjacent to an activating group) is 1. The van der Waals surface area contributed by atoms with Crippen LogP contribution in [-0.4, -0.2) is 77.3 Å². The number of benzene rings is 1. The molecule has 1 heterocycles. The standard InChI is InChI=1S/C16H24N2O2.C2HF3O2/c1-13(20)15-5-3-4-14(10-15)11-18-8-7-17(2)16(12-18)6-9-19;3-2(4,5)1(6)7/h3-5,10,16,19H,6-9,11-12H2,1-2H3;(H,6,7). The highest BCUT2D eigenvalue weighted by Gasteiger charge is 2.38. The van der Waals surface area contributed by atoms with Gasteiger partial charge in [-0.1, -0.05) is 18.2 Å². The first-order valence-corrected chi connectivity index (χ1v) is 8.48. The fraction of sp³-hybridized carbons (Fsp3) is 0.556. The summed E-state index contributed by atoms with van der Waals surface area (Å²) in [6, 6.07) is 8.30. The van der Waals surface area contributed by atoms with Gasteiger partial charge in [-0.2, -0.15) is 13.2 Å². The van der Waals surface area contributed by atoms with Gasteiger partial charge in [-0.25, -0.2) is 4.79 Å². The zero-order valence-electron chi connectivity index (χ0n) is 15.4. The van der Waals surface area contributed by atoms with Crippen LogP contribution in [0.25, 0.3) is 0 Å². The number of carboxylic acids is 1. The van der Waals surface area contributed by atoms with Crippen molar-refractivity contribution in [2.75, 3.05) is 33.3 Å². The molecule has 1 aliphatic rings. The summed E-state index contributed by atoms with van der Waals surface area (Å²) in [5, 5.41) is 16.3. The molecule has 0 spiro atoms. The lowest BCUT2D eigenvalue weighted by Gasteiger charge is -2.39. The number of carbonyl (C=O) groups is 2. The lowest BCUT2D eigenvalue weighted by Crippen LogP contribution is -2.51. The van der Waals surface area contributed by atoms with E-state index in [1.807, 2.05) is 18.2 Å². The van der Waals surface area contributed by atoms with Crippen LogP contribution in [0.5, 0.6) is 0 Å². The van der Waals surface area contributed by atoms with Crippen LogP contribution >= 0.6 is 0 Å². The largest absolute Gasteiger partial charge is 0.490 e. The Kier molecular flexibility index (Phi) is 8.87. The summed E-state index contributed by atoms with van der Waals surface area (Å²) in [7, 11) is 2.12. The Morgan fingerprint density at radius 1 is 1.26 bits per heavy atom. The van der Waals surface area contributed by atoms with Crippen LogP contribution in [0.2, 0.25) is 0 Å². The van der Waals surface area contributed by atoms with Gasteiger partial charge in [0.1, 0.15) is 0 Å². The fourth-order valence-corrected chi connectivity index (χ4v) is 2.76. The monoisotopic (exact) mass is 390 g/mol. The van der Waals surface area contributed by atoms with E-state index >= 15 is 0 Å². The first-order chi connectivity index (χ1) is 12.5. The molecule has 6 nitrogen and oxygen atoms in total. The Morgan fingerprint density at radius 2 is 1.89 bits per heavy atom. The number of nitrogens with zero attached hydrogens (tertiary/aromatic N) is 2. The molecule has 1 aromatic carbocycles. The van der Waals surface area contributed by atoms with Gasteiger partial charge in [-0.3, -0.25) is 9.69 Å². The van der Waals surface area contributed by atoms with Crippen LogP contribution in [-0.2, 0) is 11.3 Å². The van der Waals surface area contributed by atoms with Gasteiger partial charge < -0.3 is 15.1 Å². The number of ketones is 1. The fourth-order valence-electron chi connectivity index (χ4n) is 2.76. The van der Waals surface area contributed by atoms with E-state index in [9.17, 15) is 18.0 Å². The third-order valence-corrected chi connectivity index (χ3v) is 4.31. The molecular formula is C18H25F3N2O4. The molecule has 9 heteroatoms. The minimum absolute atomic E-state index is 0.114. The molecule has 0 saturated carbocycles.